The van der Waals surface area contributed by atoms with Gasteiger partial charge in [-0.05, 0) is 49.5 Å². The van der Waals surface area contributed by atoms with E-state index < -0.39 is 0 Å². The van der Waals surface area contributed by atoms with Crippen molar-refractivity contribution in [1.29, 1.82) is 0 Å². The third-order valence-corrected chi connectivity index (χ3v) is 6.75. The highest BCUT2D eigenvalue weighted by molar-refractivity contribution is 5.76. The van der Waals surface area contributed by atoms with Gasteiger partial charge in [0.2, 0.25) is 0 Å². The van der Waals surface area contributed by atoms with Crippen LogP contribution in [0.1, 0.15) is 19.8 Å². The quantitative estimate of drug-likeness (QED) is 0.736. The molecular formula is C22H30N6O. The number of phenols is 1. The van der Waals surface area contributed by atoms with Crippen LogP contribution in [-0.2, 0) is 0 Å². The van der Waals surface area contributed by atoms with Crippen molar-refractivity contribution >= 4 is 11.5 Å². The van der Waals surface area contributed by atoms with E-state index in [0.717, 1.165) is 56.3 Å². The van der Waals surface area contributed by atoms with E-state index in [-0.39, 0.29) is 5.75 Å². The van der Waals surface area contributed by atoms with Crippen molar-refractivity contribution < 1.29 is 5.11 Å². The summed E-state index contributed by atoms with van der Waals surface area (Å²) in [6, 6.07) is 9.82. The first-order chi connectivity index (χ1) is 14.1. The summed E-state index contributed by atoms with van der Waals surface area (Å²) in [5, 5.41) is 25.9. The van der Waals surface area contributed by atoms with Crippen molar-refractivity contribution in [3.05, 3.63) is 30.3 Å². The Morgan fingerprint density at radius 1 is 1.17 bits per heavy atom. The molecule has 2 saturated heterocycles. The van der Waals surface area contributed by atoms with Gasteiger partial charge in [-0.25, -0.2) is 0 Å². The number of nitrogens with zero attached hydrogens (tertiary/aromatic N) is 4. The lowest BCUT2D eigenvalue weighted by atomic mass is 9.80. The maximum atomic E-state index is 10.2. The molecule has 3 aliphatic heterocycles. The molecule has 1 aromatic carbocycles. The SMILES string of the molecule is CC1(CN2CCN3c4cc(-c5ccccc5O)nnc4NC[C@H]3C2)CCNCC1. The van der Waals surface area contributed by atoms with Crippen LogP contribution in [0.25, 0.3) is 11.3 Å². The number of hydrogen-bond acceptors (Lipinski definition) is 7. The average molecular weight is 395 g/mol. The molecule has 7 heteroatoms. The molecule has 0 spiro atoms. The van der Waals surface area contributed by atoms with Gasteiger partial charge < -0.3 is 20.6 Å². The maximum Gasteiger partial charge on any atom is 0.172 e. The summed E-state index contributed by atoms with van der Waals surface area (Å²) >= 11 is 0. The lowest BCUT2D eigenvalue weighted by molar-refractivity contribution is 0.112. The number of piperazine rings is 1. The summed E-state index contributed by atoms with van der Waals surface area (Å²) in [7, 11) is 0. The fraction of sp³-hybridized carbons (Fsp3) is 0.545. The molecule has 3 aliphatic rings. The Morgan fingerprint density at radius 2 is 2.00 bits per heavy atom. The fourth-order valence-corrected chi connectivity index (χ4v) is 5.05. The Bertz CT molecular complexity index is 881. The molecule has 0 amide bonds. The van der Waals surface area contributed by atoms with Gasteiger partial charge >= 0.3 is 0 Å². The largest absolute Gasteiger partial charge is 0.507 e. The van der Waals surface area contributed by atoms with Crippen LogP contribution in [0, 0.1) is 5.41 Å². The molecule has 7 nitrogen and oxygen atoms in total. The lowest BCUT2D eigenvalue weighted by Gasteiger charge is -2.48. The number of hydrogen-bond donors (Lipinski definition) is 3. The van der Waals surface area contributed by atoms with Crippen LogP contribution >= 0.6 is 0 Å². The van der Waals surface area contributed by atoms with Gasteiger partial charge in [0.15, 0.2) is 5.82 Å². The summed E-state index contributed by atoms with van der Waals surface area (Å²) in [4.78, 5) is 5.13. The van der Waals surface area contributed by atoms with Gasteiger partial charge in [0, 0.05) is 38.3 Å². The van der Waals surface area contributed by atoms with E-state index in [9.17, 15) is 5.11 Å². The molecule has 0 aliphatic carbocycles. The van der Waals surface area contributed by atoms with Gasteiger partial charge in [0.1, 0.15) is 5.75 Å². The van der Waals surface area contributed by atoms with Gasteiger partial charge in [-0.2, -0.15) is 0 Å². The van der Waals surface area contributed by atoms with Crippen molar-refractivity contribution in [2.45, 2.75) is 25.8 Å². The van der Waals surface area contributed by atoms with E-state index in [2.05, 4.69) is 43.6 Å². The van der Waals surface area contributed by atoms with Gasteiger partial charge in [0.05, 0.1) is 17.4 Å². The molecule has 2 aromatic rings. The number of piperidine rings is 1. The summed E-state index contributed by atoms with van der Waals surface area (Å²) in [6.45, 7) is 9.96. The van der Waals surface area contributed by atoms with Crippen LogP contribution in [-0.4, -0.2) is 72.1 Å². The van der Waals surface area contributed by atoms with Crippen molar-refractivity contribution in [3.8, 4) is 17.0 Å². The molecule has 0 bridgehead atoms. The van der Waals surface area contributed by atoms with Crippen LogP contribution < -0.4 is 15.5 Å². The Hall–Kier alpha value is -2.38. The monoisotopic (exact) mass is 394 g/mol. The molecule has 1 atom stereocenters. The minimum atomic E-state index is 0.238. The van der Waals surface area contributed by atoms with Crippen LogP contribution in [0.5, 0.6) is 5.75 Å². The third-order valence-electron chi connectivity index (χ3n) is 6.75. The minimum absolute atomic E-state index is 0.238. The zero-order valence-electron chi connectivity index (χ0n) is 17.1. The molecule has 5 rings (SSSR count). The second kappa shape index (κ2) is 7.46. The Labute approximate surface area is 172 Å². The molecule has 1 aromatic heterocycles. The number of aromatic nitrogens is 2. The summed E-state index contributed by atoms with van der Waals surface area (Å²) in [5.41, 5.74) is 2.97. The molecule has 3 N–H and O–H groups in total. The number of fused-ring (bicyclic) bond motifs is 3. The highest BCUT2D eigenvalue weighted by atomic mass is 16.3. The molecule has 4 heterocycles. The molecule has 0 unspecified atom stereocenters. The van der Waals surface area contributed by atoms with E-state index >= 15 is 0 Å². The van der Waals surface area contributed by atoms with Gasteiger partial charge in [-0.1, -0.05) is 19.1 Å². The molecule has 2 fully saturated rings. The molecule has 0 saturated carbocycles. The zero-order valence-corrected chi connectivity index (χ0v) is 17.1. The van der Waals surface area contributed by atoms with Crippen LogP contribution in [0.4, 0.5) is 11.5 Å². The number of anilines is 2. The molecule has 0 radical (unpaired) electrons. The summed E-state index contributed by atoms with van der Waals surface area (Å²) in [6.07, 6.45) is 2.52. The average Bonchev–Trinajstić information content (AvgIpc) is 2.73. The van der Waals surface area contributed by atoms with Crippen molar-refractivity contribution in [1.82, 2.24) is 20.4 Å². The number of nitrogens with one attached hydrogen (secondary N) is 2. The predicted octanol–water partition coefficient (Wildman–Crippen LogP) is 2.15. The lowest BCUT2D eigenvalue weighted by Crippen LogP contribution is -2.59. The number of para-hydroxylation sites is 1. The van der Waals surface area contributed by atoms with E-state index in [4.69, 9.17) is 0 Å². The first kappa shape index (κ1) is 18.6. The number of aromatic hydroxyl groups is 1. The smallest absolute Gasteiger partial charge is 0.172 e. The Balaban J connectivity index is 1.34. The van der Waals surface area contributed by atoms with Crippen molar-refractivity contribution in [2.24, 2.45) is 5.41 Å². The van der Waals surface area contributed by atoms with Crippen LogP contribution in [0.15, 0.2) is 30.3 Å². The normalized spacial score (nSPS) is 23.8. The fourth-order valence-electron chi connectivity index (χ4n) is 5.05. The first-order valence-corrected chi connectivity index (χ1v) is 10.7. The second-order valence-corrected chi connectivity index (χ2v) is 9.00. The molecule has 154 valence electrons. The second-order valence-electron chi connectivity index (χ2n) is 9.00. The Kier molecular flexibility index (Phi) is 4.80. The highest BCUT2D eigenvalue weighted by Crippen LogP contribution is 2.37. The molecular weight excluding hydrogens is 364 g/mol. The van der Waals surface area contributed by atoms with E-state index in [1.807, 2.05) is 18.2 Å². The standard InChI is InChI=1S/C22H30N6O/c1-22(6-8-23-9-7-22)15-27-10-11-28-16(14-27)13-24-21-19(28)12-18(25-26-21)17-4-2-3-5-20(17)29/h2-5,12,16,23,29H,6-11,13-15H2,1H3,(H,24,26)/t16-/m0/s1. The summed E-state index contributed by atoms with van der Waals surface area (Å²) < 4.78 is 0. The topological polar surface area (TPSA) is 76.5 Å². The van der Waals surface area contributed by atoms with Gasteiger partial charge in [-0.15, -0.1) is 10.2 Å². The number of phenolic OH excluding ortho intramolecular Hbond substituents is 1. The van der Waals surface area contributed by atoms with Gasteiger partial charge in [0.25, 0.3) is 0 Å². The third kappa shape index (κ3) is 3.65. The Morgan fingerprint density at radius 3 is 2.83 bits per heavy atom. The van der Waals surface area contributed by atoms with E-state index in [0.29, 0.717) is 17.2 Å². The number of benzene rings is 1. The van der Waals surface area contributed by atoms with Crippen LogP contribution in [0.2, 0.25) is 0 Å². The van der Waals surface area contributed by atoms with Crippen LogP contribution in [0.3, 0.4) is 0 Å². The van der Waals surface area contributed by atoms with E-state index in [1.54, 1.807) is 6.07 Å². The maximum absolute atomic E-state index is 10.2. The van der Waals surface area contributed by atoms with Gasteiger partial charge in [-0.3, -0.25) is 4.90 Å². The summed E-state index contributed by atoms with van der Waals surface area (Å²) in [5.74, 6) is 1.08. The zero-order chi connectivity index (χ0) is 19.8. The van der Waals surface area contributed by atoms with Crippen molar-refractivity contribution in [3.63, 3.8) is 0 Å². The minimum Gasteiger partial charge on any atom is -0.507 e. The predicted molar refractivity (Wildman–Crippen MR) is 115 cm³/mol. The molecule has 29 heavy (non-hydrogen) atoms. The highest BCUT2D eigenvalue weighted by Gasteiger charge is 2.36. The van der Waals surface area contributed by atoms with Crippen molar-refractivity contribution in [2.75, 3.05) is 56.0 Å². The first-order valence-electron chi connectivity index (χ1n) is 10.7. The van der Waals surface area contributed by atoms with E-state index in [1.165, 1.54) is 19.4 Å². The number of rotatable bonds is 3.